The summed E-state index contributed by atoms with van der Waals surface area (Å²) in [5.41, 5.74) is 7.74. The molecule has 0 radical (unpaired) electrons. The van der Waals surface area contributed by atoms with E-state index in [0.717, 1.165) is 11.1 Å². The Hall–Kier alpha value is -2.62. The number of nitrogens with one attached hydrogen (secondary N) is 1. The highest BCUT2D eigenvalue weighted by Gasteiger charge is 2.17. The van der Waals surface area contributed by atoms with E-state index in [1.54, 1.807) is 13.8 Å². The first-order valence-electron chi connectivity index (χ1n) is 10.1. The van der Waals surface area contributed by atoms with Crippen molar-refractivity contribution in [1.29, 1.82) is 0 Å². The molecular weight excluding hydrogens is 360 g/mol. The molecule has 4 heteroatoms. The normalized spacial score (nSPS) is 11.9. The van der Waals surface area contributed by atoms with Crippen molar-refractivity contribution in [3.8, 4) is 0 Å². The van der Waals surface area contributed by atoms with Crippen LogP contribution in [-0.2, 0) is 15.6 Å². The lowest BCUT2D eigenvalue weighted by Gasteiger charge is -2.20. The van der Waals surface area contributed by atoms with Gasteiger partial charge in [-0.15, -0.1) is 0 Å². The van der Waals surface area contributed by atoms with E-state index < -0.39 is 6.09 Å². The van der Waals surface area contributed by atoms with E-state index >= 15 is 0 Å². The van der Waals surface area contributed by atoms with Crippen molar-refractivity contribution in [2.24, 2.45) is 5.10 Å². The van der Waals surface area contributed by atoms with E-state index in [2.05, 4.69) is 76.3 Å². The number of hydrogen-bond donors (Lipinski definition) is 1. The Morgan fingerprint density at radius 1 is 0.793 bits per heavy atom. The average molecular weight is 395 g/mol. The molecule has 0 unspecified atom stereocenters. The highest BCUT2D eigenvalue weighted by atomic mass is 16.6. The standard InChI is InChI=1S/C25H34N2O2/c1-17(2)29-23(28)27-26-22(18-9-13-20(14-10-18)24(3,4)5)19-11-15-21(16-12-19)25(6,7)8/h9-17H,1-8H3,(H,27,28). The summed E-state index contributed by atoms with van der Waals surface area (Å²) in [5.74, 6) is 0. The van der Waals surface area contributed by atoms with Crippen LogP contribution in [0.4, 0.5) is 4.79 Å². The number of hydrazone groups is 1. The minimum atomic E-state index is -0.560. The molecule has 2 aromatic rings. The summed E-state index contributed by atoms with van der Waals surface area (Å²) in [6.07, 6.45) is -0.763. The van der Waals surface area contributed by atoms with Crippen LogP contribution in [0.15, 0.2) is 53.6 Å². The van der Waals surface area contributed by atoms with E-state index in [0.29, 0.717) is 5.71 Å². The molecule has 0 bridgehead atoms. The van der Waals surface area contributed by atoms with Crippen molar-refractivity contribution < 1.29 is 9.53 Å². The van der Waals surface area contributed by atoms with Gasteiger partial charge in [0, 0.05) is 11.1 Å². The summed E-state index contributed by atoms with van der Waals surface area (Å²) in [4.78, 5) is 12.0. The Morgan fingerprint density at radius 3 is 1.48 bits per heavy atom. The number of nitrogens with zero attached hydrogens (tertiary/aromatic N) is 1. The van der Waals surface area contributed by atoms with Crippen LogP contribution in [0, 0.1) is 0 Å². The van der Waals surface area contributed by atoms with Crippen molar-refractivity contribution in [3.05, 3.63) is 70.8 Å². The first kappa shape index (κ1) is 22.7. The largest absolute Gasteiger partial charge is 0.446 e. The molecule has 4 nitrogen and oxygen atoms in total. The predicted octanol–water partition coefficient (Wildman–Crippen LogP) is 6.17. The molecule has 0 aliphatic carbocycles. The van der Waals surface area contributed by atoms with Gasteiger partial charge in [0.05, 0.1) is 11.8 Å². The predicted molar refractivity (Wildman–Crippen MR) is 121 cm³/mol. The highest BCUT2D eigenvalue weighted by molar-refractivity contribution is 6.13. The molecular formula is C25H34N2O2. The second-order valence-electron chi connectivity index (χ2n) is 9.68. The minimum Gasteiger partial charge on any atom is -0.446 e. The Bertz CT molecular complexity index is 790. The third kappa shape index (κ3) is 6.45. The van der Waals surface area contributed by atoms with Gasteiger partial charge in [0.2, 0.25) is 0 Å². The Morgan fingerprint density at radius 2 is 1.17 bits per heavy atom. The Balaban J connectivity index is 2.42. The average Bonchev–Trinajstić information content (AvgIpc) is 2.60. The first-order valence-corrected chi connectivity index (χ1v) is 10.1. The van der Waals surface area contributed by atoms with Gasteiger partial charge in [0.25, 0.3) is 0 Å². The third-order valence-corrected chi connectivity index (χ3v) is 4.65. The summed E-state index contributed by atoms with van der Waals surface area (Å²) in [5, 5.41) is 4.39. The van der Waals surface area contributed by atoms with E-state index in [1.165, 1.54) is 11.1 Å². The fourth-order valence-corrected chi connectivity index (χ4v) is 2.89. The number of carbonyl (C=O) groups is 1. The Kier molecular flexibility index (Phi) is 6.89. The van der Waals surface area contributed by atoms with Crippen molar-refractivity contribution in [2.75, 3.05) is 0 Å². The molecule has 0 fully saturated rings. The molecule has 0 heterocycles. The quantitative estimate of drug-likeness (QED) is 0.498. The number of rotatable bonds is 4. The number of benzene rings is 2. The molecule has 0 aliphatic rings. The van der Waals surface area contributed by atoms with Crippen molar-refractivity contribution in [2.45, 2.75) is 72.3 Å². The highest BCUT2D eigenvalue weighted by Crippen LogP contribution is 2.25. The topological polar surface area (TPSA) is 50.7 Å². The molecule has 0 aromatic heterocycles. The number of amides is 1. The van der Waals surface area contributed by atoms with Gasteiger partial charge >= 0.3 is 6.09 Å². The lowest BCUT2D eigenvalue weighted by atomic mass is 9.85. The summed E-state index contributed by atoms with van der Waals surface area (Å²) < 4.78 is 5.14. The van der Waals surface area contributed by atoms with E-state index in [4.69, 9.17) is 4.74 Å². The smallest absolute Gasteiger partial charge is 0.428 e. The van der Waals surface area contributed by atoms with Gasteiger partial charge in [-0.2, -0.15) is 5.10 Å². The second-order valence-corrected chi connectivity index (χ2v) is 9.68. The SMILES string of the molecule is CC(C)OC(=O)NN=C(c1ccc(C(C)(C)C)cc1)c1ccc(C(C)(C)C)cc1. The van der Waals surface area contributed by atoms with Gasteiger partial charge in [0.15, 0.2) is 0 Å². The molecule has 0 spiro atoms. The summed E-state index contributed by atoms with van der Waals surface area (Å²) in [6, 6.07) is 16.6. The van der Waals surface area contributed by atoms with Gasteiger partial charge in [-0.1, -0.05) is 90.1 Å². The minimum absolute atomic E-state index is 0.0729. The van der Waals surface area contributed by atoms with Crippen LogP contribution in [0.2, 0.25) is 0 Å². The fourth-order valence-electron chi connectivity index (χ4n) is 2.89. The molecule has 1 N–H and O–H groups in total. The molecule has 2 rings (SSSR count). The number of ether oxygens (including phenoxy) is 1. The monoisotopic (exact) mass is 394 g/mol. The van der Waals surface area contributed by atoms with Gasteiger partial charge < -0.3 is 4.74 Å². The maximum Gasteiger partial charge on any atom is 0.428 e. The zero-order chi connectivity index (χ0) is 21.8. The second kappa shape index (κ2) is 8.81. The van der Waals surface area contributed by atoms with Crippen LogP contribution < -0.4 is 5.43 Å². The van der Waals surface area contributed by atoms with Crippen molar-refractivity contribution >= 4 is 11.8 Å². The van der Waals surface area contributed by atoms with Gasteiger partial charge in [-0.3, -0.25) is 0 Å². The molecule has 0 saturated heterocycles. The van der Waals surface area contributed by atoms with E-state index in [1.807, 2.05) is 24.3 Å². The molecule has 29 heavy (non-hydrogen) atoms. The molecule has 0 aliphatic heterocycles. The fraction of sp³-hybridized carbons (Fsp3) is 0.440. The zero-order valence-electron chi connectivity index (χ0n) is 19.0. The van der Waals surface area contributed by atoms with Crippen LogP contribution in [0.5, 0.6) is 0 Å². The van der Waals surface area contributed by atoms with Crippen molar-refractivity contribution in [1.82, 2.24) is 5.43 Å². The lowest BCUT2D eigenvalue weighted by molar-refractivity contribution is 0.116. The maximum atomic E-state index is 12.0. The van der Waals surface area contributed by atoms with Crippen LogP contribution in [-0.4, -0.2) is 17.9 Å². The molecule has 1 amide bonds. The zero-order valence-corrected chi connectivity index (χ0v) is 19.0. The van der Waals surface area contributed by atoms with Crippen LogP contribution in [0.1, 0.15) is 77.6 Å². The molecule has 0 atom stereocenters. The van der Waals surface area contributed by atoms with Crippen LogP contribution >= 0.6 is 0 Å². The molecule has 0 saturated carbocycles. The van der Waals surface area contributed by atoms with Gasteiger partial charge in [-0.05, 0) is 35.8 Å². The van der Waals surface area contributed by atoms with Crippen LogP contribution in [0.25, 0.3) is 0 Å². The molecule has 156 valence electrons. The van der Waals surface area contributed by atoms with E-state index in [9.17, 15) is 4.79 Å². The lowest BCUT2D eigenvalue weighted by Crippen LogP contribution is -2.24. The molecule has 2 aromatic carbocycles. The van der Waals surface area contributed by atoms with E-state index in [-0.39, 0.29) is 16.9 Å². The number of carbonyl (C=O) groups excluding carboxylic acids is 1. The van der Waals surface area contributed by atoms with Gasteiger partial charge in [0.1, 0.15) is 0 Å². The number of hydrogen-bond acceptors (Lipinski definition) is 3. The third-order valence-electron chi connectivity index (χ3n) is 4.65. The summed E-state index contributed by atoms with van der Waals surface area (Å²) >= 11 is 0. The van der Waals surface area contributed by atoms with Gasteiger partial charge in [-0.25, -0.2) is 10.2 Å². The maximum absolute atomic E-state index is 12.0. The van der Waals surface area contributed by atoms with Crippen LogP contribution in [0.3, 0.4) is 0 Å². The Labute approximate surface area is 175 Å². The summed E-state index contributed by atoms with van der Waals surface area (Å²) in [6.45, 7) is 16.7. The van der Waals surface area contributed by atoms with Crippen molar-refractivity contribution in [3.63, 3.8) is 0 Å². The summed E-state index contributed by atoms with van der Waals surface area (Å²) in [7, 11) is 0. The first-order chi connectivity index (χ1) is 13.4.